The van der Waals surface area contributed by atoms with Gasteiger partial charge < -0.3 is 4.90 Å². The van der Waals surface area contributed by atoms with Gasteiger partial charge in [0, 0.05) is 41.5 Å². The number of pyridine rings is 1. The number of benzene rings is 2. The van der Waals surface area contributed by atoms with Crippen molar-refractivity contribution in [1.29, 1.82) is 0 Å². The minimum absolute atomic E-state index is 0.109. The summed E-state index contributed by atoms with van der Waals surface area (Å²) in [5.41, 5.74) is 1.98. The SMILES string of the molecule is O=C(CSc1nnc(-c2ccncc2)n1-c1ccc(F)cc1)N1CCSC1c1ccccc1F. The van der Waals surface area contributed by atoms with Crippen LogP contribution in [0, 0.1) is 11.6 Å². The van der Waals surface area contributed by atoms with Crippen LogP contribution in [0.25, 0.3) is 17.1 Å². The number of halogens is 2. The van der Waals surface area contributed by atoms with Gasteiger partial charge in [0.05, 0.1) is 5.75 Å². The van der Waals surface area contributed by atoms with E-state index in [1.807, 2.05) is 12.1 Å². The summed E-state index contributed by atoms with van der Waals surface area (Å²) in [5, 5.41) is 8.78. The van der Waals surface area contributed by atoms with E-state index in [4.69, 9.17) is 0 Å². The van der Waals surface area contributed by atoms with Crippen LogP contribution >= 0.6 is 23.5 Å². The summed E-state index contributed by atoms with van der Waals surface area (Å²) in [6, 6.07) is 16.2. The summed E-state index contributed by atoms with van der Waals surface area (Å²) < 4.78 is 29.7. The summed E-state index contributed by atoms with van der Waals surface area (Å²) in [5.74, 6) is 0.643. The Labute approximate surface area is 203 Å². The Morgan fingerprint density at radius 2 is 1.79 bits per heavy atom. The van der Waals surface area contributed by atoms with Crippen LogP contribution < -0.4 is 0 Å². The van der Waals surface area contributed by atoms with Crippen LogP contribution in [0.2, 0.25) is 0 Å². The van der Waals surface area contributed by atoms with Crippen LogP contribution in [-0.2, 0) is 4.79 Å². The zero-order chi connectivity index (χ0) is 23.5. The molecular weight excluding hydrogens is 476 g/mol. The number of rotatable bonds is 6. The fraction of sp³-hybridized carbons (Fsp3) is 0.167. The van der Waals surface area contributed by atoms with Crippen LogP contribution in [-0.4, -0.2) is 48.6 Å². The molecule has 6 nitrogen and oxygen atoms in total. The van der Waals surface area contributed by atoms with Crippen molar-refractivity contribution in [2.45, 2.75) is 10.5 Å². The molecule has 1 unspecified atom stereocenters. The number of carbonyl (C=O) groups excluding carboxylic acids is 1. The number of amides is 1. The van der Waals surface area contributed by atoms with E-state index < -0.39 is 0 Å². The van der Waals surface area contributed by atoms with Crippen LogP contribution in [0.3, 0.4) is 0 Å². The van der Waals surface area contributed by atoms with Gasteiger partial charge in [-0.15, -0.1) is 22.0 Å². The van der Waals surface area contributed by atoms with Crippen molar-refractivity contribution in [2.75, 3.05) is 18.1 Å². The molecule has 0 saturated carbocycles. The van der Waals surface area contributed by atoms with Gasteiger partial charge >= 0.3 is 0 Å². The Bertz CT molecular complexity index is 1300. The molecule has 0 bridgehead atoms. The molecule has 5 rings (SSSR count). The molecule has 2 aromatic carbocycles. The van der Waals surface area contributed by atoms with Gasteiger partial charge in [-0.2, -0.15) is 0 Å². The van der Waals surface area contributed by atoms with Gasteiger partial charge in [-0.25, -0.2) is 8.78 Å². The number of hydrogen-bond acceptors (Lipinski definition) is 6. The lowest BCUT2D eigenvalue weighted by atomic mass is 10.2. The van der Waals surface area contributed by atoms with Crippen LogP contribution in [0.1, 0.15) is 10.9 Å². The van der Waals surface area contributed by atoms with E-state index in [-0.39, 0.29) is 28.7 Å². The van der Waals surface area contributed by atoms with Crippen molar-refractivity contribution in [1.82, 2.24) is 24.6 Å². The van der Waals surface area contributed by atoms with E-state index in [9.17, 15) is 13.6 Å². The molecule has 0 radical (unpaired) electrons. The maximum Gasteiger partial charge on any atom is 0.234 e. The second kappa shape index (κ2) is 9.94. The zero-order valence-electron chi connectivity index (χ0n) is 17.8. The predicted octanol–water partition coefficient (Wildman–Crippen LogP) is 4.97. The lowest BCUT2D eigenvalue weighted by Gasteiger charge is -2.24. The van der Waals surface area contributed by atoms with E-state index in [1.165, 1.54) is 30.0 Å². The molecule has 10 heteroatoms. The normalized spacial score (nSPS) is 15.6. The Hall–Kier alpha value is -3.24. The molecule has 0 N–H and O–H groups in total. The summed E-state index contributed by atoms with van der Waals surface area (Å²) in [7, 11) is 0. The van der Waals surface area contributed by atoms with Gasteiger partial charge in [-0.1, -0.05) is 30.0 Å². The van der Waals surface area contributed by atoms with Gasteiger partial charge in [0.25, 0.3) is 0 Å². The average molecular weight is 496 g/mol. The first-order valence-corrected chi connectivity index (χ1v) is 12.6. The maximum absolute atomic E-state index is 14.4. The Morgan fingerprint density at radius 3 is 2.56 bits per heavy atom. The van der Waals surface area contributed by atoms with Gasteiger partial charge in [-0.05, 0) is 42.5 Å². The van der Waals surface area contributed by atoms with Gasteiger partial charge in [-0.3, -0.25) is 14.3 Å². The van der Waals surface area contributed by atoms with Crippen LogP contribution in [0.5, 0.6) is 0 Å². The minimum Gasteiger partial charge on any atom is -0.325 e. The molecular formula is C24H19F2N5OS2. The van der Waals surface area contributed by atoms with Crippen molar-refractivity contribution in [3.8, 4) is 17.1 Å². The highest BCUT2D eigenvalue weighted by atomic mass is 32.2. The zero-order valence-corrected chi connectivity index (χ0v) is 19.5. The molecule has 1 aliphatic rings. The largest absolute Gasteiger partial charge is 0.325 e. The molecule has 172 valence electrons. The predicted molar refractivity (Wildman–Crippen MR) is 129 cm³/mol. The maximum atomic E-state index is 14.4. The lowest BCUT2D eigenvalue weighted by Crippen LogP contribution is -2.32. The number of hydrogen-bond donors (Lipinski definition) is 0. The number of thioether (sulfide) groups is 2. The molecule has 1 aliphatic heterocycles. The van der Waals surface area contributed by atoms with Crippen molar-refractivity contribution in [3.05, 3.63) is 90.3 Å². The van der Waals surface area contributed by atoms with Crippen molar-refractivity contribution >= 4 is 29.4 Å². The molecule has 4 aromatic rings. The average Bonchev–Trinajstić information content (AvgIpc) is 3.52. The Morgan fingerprint density at radius 1 is 1.03 bits per heavy atom. The molecule has 3 heterocycles. The number of carbonyl (C=O) groups is 1. The second-order valence-corrected chi connectivity index (χ2v) is 9.60. The molecule has 0 aliphatic carbocycles. The van der Waals surface area contributed by atoms with E-state index in [0.717, 1.165) is 11.3 Å². The molecule has 1 amide bonds. The third kappa shape index (κ3) is 4.55. The smallest absolute Gasteiger partial charge is 0.234 e. The highest BCUT2D eigenvalue weighted by Crippen LogP contribution is 2.39. The number of nitrogens with zero attached hydrogens (tertiary/aromatic N) is 5. The number of aromatic nitrogens is 4. The van der Waals surface area contributed by atoms with Crippen LogP contribution in [0.4, 0.5) is 8.78 Å². The van der Waals surface area contributed by atoms with E-state index in [1.54, 1.807) is 64.0 Å². The fourth-order valence-electron chi connectivity index (χ4n) is 3.74. The topological polar surface area (TPSA) is 63.9 Å². The highest BCUT2D eigenvalue weighted by Gasteiger charge is 2.32. The molecule has 2 aromatic heterocycles. The summed E-state index contributed by atoms with van der Waals surface area (Å²) >= 11 is 2.80. The van der Waals surface area contributed by atoms with Gasteiger partial charge in [0.2, 0.25) is 5.91 Å². The quantitative estimate of drug-likeness (QED) is 0.352. The Balaban J connectivity index is 1.40. The third-order valence-corrected chi connectivity index (χ3v) is 7.52. The highest BCUT2D eigenvalue weighted by molar-refractivity contribution is 8.00. The Kier molecular flexibility index (Phi) is 6.59. The molecule has 1 fully saturated rings. The second-order valence-electron chi connectivity index (χ2n) is 7.47. The summed E-state index contributed by atoms with van der Waals surface area (Å²) in [4.78, 5) is 18.9. The fourth-order valence-corrected chi connectivity index (χ4v) is 5.88. The van der Waals surface area contributed by atoms with E-state index in [2.05, 4.69) is 15.2 Å². The monoisotopic (exact) mass is 495 g/mol. The van der Waals surface area contributed by atoms with Crippen molar-refractivity contribution < 1.29 is 13.6 Å². The van der Waals surface area contributed by atoms with E-state index in [0.29, 0.717) is 28.8 Å². The standard InChI is InChI=1S/C24H19F2N5OS2/c25-17-5-7-18(8-6-17)31-22(16-9-11-27-12-10-16)28-29-24(31)34-15-21(32)30-13-14-33-23(30)19-3-1-2-4-20(19)26/h1-12,23H,13-15H2. The van der Waals surface area contributed by atoms with E-state index >= 15 is 0 Å². The summed E-state index contributed by atoms with van der Waals surface area (Å²) in [6.45, 7) is 0.552. The molecule has 1 atom stereocenters. The summed E-state index contributed by atoms with van der Waals surface area (Å²) in [6.07, 6.45) is 3.31. The first-order valence-electron chi connectivity index (χ1n) is 10.5. The first-order chi connectivity index (χ1) is 16.6. The lowest BCUT2D eigenvalue weighted by molar-refractivity contribution is -0.128. The van der Waals surface area contributed by atoms with Gasteiger partial charge in [0.1, 0.15) is 17.0 Å². The van der Waals surface area contributed by atoms with Crippen molar-refractivity contribution in [2.24, 2.45) is 0 Å². The first kappa shape index (κ1) is 22.5. The van der Waals surface area contributed by atoms with Crippen molar-refractivity contribution in [3.63, 3.8) is 0 Å². The minimum atomic E-state index is -0.350. The third-order valence-electron chi connectivity index (χ3n) is 5.36. The molecule has 1 saturated heterocycles. The molecule has 0 spiro atoms. The van der Waals surface area contributed by atoms with Gasteiger partial charge in [0.15, 0.2) is 11.0 Å². The molecule has 34 heavy (non-hydrogen) atoms. The van der Waals surface area contributed by atoms with Crippen LogP contribution in [0.15, 0.2) is 78.2 Å².